The zero-order chi connectivity index (χ0) is 27.5. The molecule has 38 heavy (non-hydrogen) atoms. The molecule has 3 aromatic rings. The molecule has 0 aliphatic rings. The summed E-state index contributed by atoms with van der Waals surface area (Å²) in [6.45, 7) is 9.49. The highest BCUT2D eigenvalue weighted by Crippen LogP contribution is 2.31. The highest BCUT2D eigenvalue weighted by atomic mass is 32.1. The standard InChI is InChI=1S/C30H33NO6S/c1-6-8-24(37-20(2)3)9-7-10-27-30(22-11-13-23(34-5)14-12-22)31-28(38-27)18-35-25-15-16-26(21(4)17-25)36-19-29(32)33/h6-9,11-17,20H,1,10,18-19H2,2-5H3,(H,32,33)/b9-7-,24-8+. The van der Waals surface area contributed by atoms with Crippen LogP contribution in [0.15, 0.2) is 79.1 Å². The summed E-state index contributed by atoms with van der Waals surface area (Å²) in [5.41, 5.74) is 2.68. The molecule has 0 aliphatic carbocycles. The number of carboxylic acid groups (broad SMARTS) is 1. The number of rotatable bonds is 14. The molecule has 1 N–H and O–H groups in total. The van der Waals surface area contributed by atoms with Crippen LogP contribution in [0.25, 0.3) is 11.3 Å². The number of benzene rings is 2. The van der Waals surface area contributed by atoms with Crippen LogP contribution in [0.3, 0.4) is 0 Å². The van der Waals surface area contributed by atoms with E-state index in [9.17, 15) is 4.79 Å². The van der Waals surface area contributed by atoms with Gasteiger partial charge in [-0.2, -0.15) is 0 Å². The quantitative estimate of drug-likeness (QED) is 0.180. The molecule has 8 heteroatoms. The third kappa shape index (κ3) is 8.52. The molecule has 0 aliphatic heterocycles. The predicted molar refractivity (Wildman–Crippen MR) is 150 cm³/mol. The van der Waals surface area contributed by atoms with E-state index in [1.54, 1.807) is 36.7 Å². The number of aromatic nitrogens is 1. The maximum absolute atomic E-state index is 10.8. The molecule has 0 saturated heterocycles. The van der Waals surface area contributed by atoms with Gasteiger partial charge in [0, 0.05) is 16.9 Å². The van der Waals surface area contributed by atoms with Crippen LogP contribution in [0.5, 0.6) is 17.2 Å². The summed E-state index contributed by atoms with van der Waals surface area (Å²) >= 11 is 1.59. The SMILES string of the molecule is C=C/C=C(\C=C/Cc1sc(COc2ccc(OCC(=O)O)c(C)c2)nc1-c1ccc(OC)cc1)OC(C)C. The highest BCUT2D eigenvalue weighted by molar-refractivity contribution is 7.12. The fourth-order valence-corrected chi connectivity index (χ4v) is 4.52. The van der Waals surface area contributed by atoms with E-state index in [0.717, 1.165) is 38.2 Å². The fraction of sp³-hybridized carbons (Fsp3) is 0.267. The number of nitrogens with zero attached hydrogens (tertiary/aromatic N) is 1. The van der Waals surface area contributed by atoms with Gasteiger partial charge in [0.1, 0.15) is 34.6 Å². The van der Waals surface area contributed by atoms with Crippen molar-refractivity contribution in [3.05, 3.63) is 94.6 Å². The fourth-order valence-electron chi connectivity index (χ4n) is 3.54. The molecule has 1 heterocycles. The van der Waals surface area contributed by atoms with E-state index in [1.807, 2.05) is 63.3 Å². The molecule has 0 unspecified atom stereocenters. The summed E-state index contributed by atoms with van der Waals surface area (Å²) in [7, 11) is 1.64. The van der Waals surface area contributed by atoms with Crippen molar-refractivity contribution in [1.29, 1.82) is 0 Å². The summed E-state index contributed by atoms with van der Waals surface area (Å²) in [5.74, 6) is 1.67. The molecule has 0 saturated carbocycles. The Kier molecular flexibility index (Phi) is 10.5. The first-order chi connectivity index (χ1) is 18.3. The van der Waals surface area contributed by atoms with Crippen LogP contribution in [0.1, 0.15) is 29.3 Å². The first-order valence-corrected chi connectivity index (χ1v) is 13.0. The third-order valence-corrected chi connectivity index (χ3v) is 6.26. The number of methoxy groups -OCH3 is 1. The number of hydrogen-bond donors (Lipinski definition) is 1. The summed E-state index contributed by atoms with van der Waals surface area (Å²) in [6, 6.07) is 13.1. The van der Waals surface area contributed by atoms with Gasteiger partial charge in [-0.15, -0.1) is 11.3 Å². The second kappa shape index (κ2) is 14.0. The minimum atomic E-state index is -1.02. The molecule has 7 nitrogen and oxygen atoms in total. The van der Waals surface area contributed by atoms with Gasteiger partial charge in [-0.25, -0.2) is 9.78 Å². The molecule has 200 valence electrons. The minimum absolute atomic E-state index is 0.0642. The smallest absolute Gasteiger partial charge is 0.341 e. The largest absolute Gasteiger partial charge is 0.497 e. The van der Waals surface area contributed by atoms with Crippen molar-refractivity contribution in [3.8, 4) is 28.5 Å². The van der Waals surface area contributed by atoms with Crippen molar-refractivity contribution in [2.45, 2.75) is 39.9 Å². The van der Waals surface area contributed by atoms with E-state index in [-0.39, 0.29) is 12.7 Å². The Bertz CT molecular complexity index is 1290. The van der Waals surface area contributed by atoms with E-state index in [2.05, 4.69) is 12.7 Å². The van der Waals surface area contributed by atoms with E-state index in [0.29, 0.717) is 24.5 Å². The lowest BCUT2D eigenvalue weighted by Gasteiger charge is -2.09. The lowest BCUT2D eigenvalue weighted by molar-refractivity contribution is -0.139. The van der Waals surface area contributed by atoms with Gasteiger partial charge in [-0.3, -0.25) is 0 Å². The van der Waals surface area contributed by atoms with Crippen LogP contribution < -0.4 is 14.2 Å². The number of aliphatic carboxylic acids is 1. The molecule has 0 spiro atoms. The molecule has 0 atom stereocenters. The van der Waals surface area contributed by atoms with Crippen LogP contribution in [0, 0.1) is 6.92 Å². The molecule has 0 fully saturated rings. The van der Waals surface area contributed by atoms with Crippen molar-refractivity contribution in [1.82, 2.24) is 4.98 Å². The van der Waals surface area contributed by atoms with Crippen molar-refractivity contribution in [3.63, 3.8) is 0 Å². The van der Waals surface area contributed by atoms with E-state index in [4.69, 9.17) is 29.0 Å². The number of aryl methyl sites for hydroxylation is 1. The molecule has 0 radical (unpaired) electrons. The Labute approximate surface area is 227 Å². The average Bonchev–Trinajstić information content (AvgIpc) is 3.29. The zero-order valence-corrected chi connectivity index (χ0v) is 22.9. The Morgan fingerprint density at radius 1 is 1.13 bits per heavy atom. The average molecular weight is 536 g/mol. The van der Waals surface area contributed by atoms with E-state index >= 15 is 0 Å². The van der Waals surface area contributed by atoms with Crippen LogP contribution in [0.2, 0.25) is 0 Å². The number of allylic oxidation sites excluding steroid dienone is 4. The zero-order valence-electron chi connectivity index (χ0n) is 22.1. The van der Waals surface area contributed by atoms with E-state index in [1.165, 1.54) is 0 Å². The highest BCUT2D eigenvalue weighted by Gasteiger charge is 2.14. The number of carbonyl (C=O) groups is 1. The molecule has 2 aromatic carbocycles. The van der Waals surface area contributed by atoms with Gasteiger partial charge in [0.05, 0.1) is 18.9 Å². The van der Waals surface area contributed by atoms with Crippen molar-refractivity contribution in [2.24, 2.45) is 0 Å². The van der Waals surface area contributed by atoms with Gasteiger partial charge in [0.2, 0.25) is 0 Å². The second-order valence-electron chi connectivity index (χ2n) is 8.58. The van der Waals surface area contributed by atoms with Gasteiger partial charge in [0.25, 0.3) is 0 Å². The lowest BCUT2D eigenvalue weighted by atomic mass is 10.1. The van der Waals surface area contributed by atoms with Crippen LogP contribution in [-0.4, -0.2) is 35.9 Å². The van der Waals surface area contributed by atoms with Crippen molar-refractivity contribution >= 4 is 17.3 Å². The molecule has 3 rings (SSSR count). The Balaban J connectivity index is 1.79. The molecule has 0 amide bonds. The van der Waals surface area contributed by atoms with Gasteiger partial charge < -0.3 is 24.1 Å². The van der Waals surface area contributed by atoms with Crippen LogP contribution >= 0.6 is 11.3 Å². The predicted octanol–water partition coefficient (Wildman–Crippen LogP) is 6.76. The van der Waals surface area contributed by atoms with Gasteiger partial charge in [0.15, 0.2) is 6.61 Å². The van der Waals surface area contributed by atoms with E-state index < -0.39 is 5.97 Å². The Morgan fingerprint density at radius 3 is 2.50 bits per heavy atom. The molecule has 1 aromatic heterocycles. The maximum Gasteiger partial charge on any atom is 0.341 e. The van der Waals surface area contributed by atoms with Gasteiger partial charge in [-0.1, -0.05) is 18.7 Å². The first-order valence-electron chi connectivity index (χ1n) is 12.2. The monoisotopic (exact) mass is 535 g/mol. The normalized spacial score (nSPS) is 11.6. The van der Waals surface area contributed by atoms with Gasteiger partial charge >= 0.3 is 5.97 Å². The second-order valence-corrected chi connectivity index (χ2v) is 9.75. The molecular weight excluding hydrogens is 502 g/mol. The number of ether oxygens (including phenoxy) is 4. The van der Waals surface area contributed by atoms with Crippen LogP contribution in [-0.2, 0) is 22.6 Å². The summed E-state index contributed by atoms with van der Waals surface area (Å²) in [6.07, 6.45) is 8.29. The number of thiazole rings is 1. The topological polar surface area (TPSA) is 87.1 Å². The van der Waals surface area contributed by atoms with Crippen LogP contribution in [0.4, 0.5) is 0 Å². The summed E-state index contributed by atoms with van der Waals surface area (Å²) in [4.78, 5) is 16.8. The van der Waals surface area contributed by atoms with Gasteiger partial charge in [-0.05, 0) is 81.0 Å². The third-order valence-electron chi connectivity index (χ3n) is 5.20. The number of carboxylic acids is 1. The lowest BCUT2D eigenvalue weighted by Crippen LogP contribution is -2.10. The Hall–Kier alpha value is -4.04. The number of hydrogen-bond acceptors (Lipinski definition) is 7. The first kappa shape index (κ1) is 28.5. The minimum Gasteiger partial charge on any atom is -0.497 e. The summed E-state index contributed by atoms with van der Waals surface area (Å²) < 4.78 is 22.4. The van der Waals surface area contributed by atoms with Crippen molar-refractivity contribution < 1.29 is 28.8 Å². The summed E-state index contributed by atoms with van der Waals surface area (Å²) in [5, 5.41) is 9.66. The maximum atomic E-state index is 10.8. The Morgan fingerprint density at radius 2 is 1.87 bits per heavy atom. The van der Waals surface area contributed by atoms with Crippen molar-refractivity contribution in [2.75, 3.05) is 13.7 Å². The molecular formula is C30H33NO6S. The molecule has 0 bridgehead atoms.